The maximum Gasteiger partial charge on any atom is 0.253 e. The molecule has 0 bridgehead atoms. The van der Waals surface area contributed by atoms with Crippen LogP contribution in [0.2, 0.25) is 5.02 Å². The van der Waals surface area contributed by atoms with Crippen LogP contribution in [0.4, 0.5) is 5.69 Å². The van der Waals surface area contributed by atoms with Crippen molar-refractivity contribution in [1.29, 1.82) is 0 Å². The number of ether oxygens (including phenoxy) is 4. The summed E-state index contributed by atoms with van der Waals surface area (Å²) in [4.78, 5) is 30.9. The Hall–Kier alpha value is -3.83. The van der Waals surface area contributed by atoms with Gasteiger partial charge >= 0.3 is 0 Å². The number of methoxy groups -OCH3 is 1. The Kier molecular flexibility index (Phi) is 9.39. The molecule has 3 heterocycles. The van der Waals surface area contributed by atoms with Crippen molar-refractivity contribution in [3.05, 3.63) is 60.0 Å². The molecule has 0 unspecified atom stereocenters. The number of hydrogen-bond acceptors (Lipinski definition) is 8. The maximum absolute atomic E-state index is 12.7. The molecule has 3 aromatic rings. The van der Waals surface area contributed by atoms with Crippen LogP contribution in [0.15, 0.2) is 55.0 Å². The number of pyridine rings is 1. The van der Waals surface area contributed by atoms with Gasteiger partial charge in [-0.15, -0.1) is 0 Å². The van der Waals surface area contributed by atoms with Crippen molar-refractivity contribution in [2.45, 2.75) is 31.6 Å². The van der Waals surface area contributed by atoms with Gasteiger partial charge in [-0.1, -0.05) is 17.7 Å². The van der Waals surface area contributed by atoms with Gasteiger partial charge in [-0.2, -0.15) is 5.10 Å². The second-order valence-electron chi connectivity index (χ2n) is 8.72. The molecule has 38 heavy (non-hydrogen) atoms. The van der Waals surface area contributed by atoms with Crippen molar-refractivity contribution < 1.29 is 28.5 Å². The van der Waals surface area contributed by atoms with Gasteiger partial charge in [0.1, 0.15) is 30.3 Å². The first-order chi connectivity index (χ1) is 18.4. The van der Waals surface area contributed by atoms with E-state index in [-0.39, 0.29) is 31.1 Å². The second-order valence-corrected chi connectivity index (χ2v) is 9.16. The highest BCUT2D eigenvalue weighted by atomic mass is 35.5. The molecule has 0 spiro atoms. The van der Waals surface area contributed by atoms with E-state index in [1.807, 2.05) is 12.1 Å². The van der Waals surface area contributed by atoms with Crippen molar-refractivity contribution in [3.63, 3.8) is 0 Å². The first kappa shape index (κ1) is 27.2. The molecule has 1 aliphatic rings. The predicted octanol–water partition coefficient (Wildman–Crippen LogP) is 3.04. The SMILES string of the molecule is COc1cc(O[C@H]2CO[C@H](C(=O)Nc3cnn(CC(=O)N(C)CCCOc4cccc(Cl)c4)c3)C2)ccn1. The smallest absolute Gasteiger partial charge is 0.253 e. The number of benzene rings is 1. The molecule has 1 aromatic carbocycles. The lowest BCUT2D eigenvalue weighted by atomic mass is 10.2. The summed E-state index contributed by atoms with van der Waals surface area (Å²) >= 11 is 5.95. The Balaban J connectivity index is 1.17. The quantitative estimate of drug-likeness (QED) is 0.346. The van der Waals surface area contributed by atoms with Crippen molar-refractivity contribution in [3.8, 4) is 17.4 Å². The summed E-state index contributed by atoms with van der Waals surface area (Å²) in [6, 6.07) is 10.6. The maximum atomic E-state index is 12.7. The van der Waals surface area contributed by atoms with E-state index in [2.05, 4.69) is 15.4 Å². The molecule has 0 radical (unpaired) electrons. The van der Waals surface area contributed by atoms with Crippen LogP contribution >= 0.6 is 11.6 Å². The number of nitrogens with one attached hydrogen (secondary N) is 1. The molecule has 12 heteroatoms. The van der Waals surface area contributed by atoms with E-state index in [0.29, 0.717) is 54.1 Å². The van der Waals surface area contributed by atoms with Crippen molar-refractivity contribution in [2.75, 3.05) is 39.2 Å². The number of carbonyl (C=O) groups excluding carboxylic acids is 2. The lowest BCUT2D eigenvalue weighted by Gasteiger charge is -2.17. The number of anilines is 1. The number of carbonyl (C=O) groups is 2. The van der Waals surface area contributed by atoms with Crippen molar-refractivity contribution in [1.82, 2.24) is 19.7 Å². The fourth-order valence-corrected chi connectivity index (χ4v) is 3.98. The Bertz CT molecular complexity index is 1240. The topological polar surface area (TPSA) is 117 Å². The average molecular weight is 544 g/mol. The number of hydrogen-bond donors (Lipinski definition) is 1. The Morgan fingerprint density at radius 3 is 2.95 bits per heavy atom. The minimum atomic E-state index is -0.658. The van der Waals surface area contributed by atoms with E-state index in [4.69, 9.17) is 30.5 Å². The summed E-state index contributed by atoms with van der Waals surface area (Å²) in [6.07, 6.45) is 4.82. The minimum Gasteiger partial charge on any atom is -0.493 e. The molecule has 11 nitrogen and oxygen atoms in total. The standard InChI is InChI=1S/C26H30ClN5O6/c1-31(9-4-10-36-20-6-3-5-18(27)11-20)25(33)16-32-15-19(14-29-32)30-26(34)23-12-22(17-37-23)38-21-7-8-28-24(13-21)35-2/h3,5-8,11,13-15,22-23H,4,9-10,12,16-17H2,1-2H3,(H,30,34)/t22-,23+/m1/s1. The van der Waals surface area contributed by atoms with Crippen LogP contribution in [0.3, 0.4) is 0 Å². The fraction of sp³-hybridized carbons (Fsp3) is 0.385. The van der Waals surface area contributed by atoms with Crippen LogP contribution in [0, 0.1) is 0 Å². The summed E-state index contributed by atoms with van der Waals surface area (Å²) in [5, 5.41) is 7.58. The highest BCUT2D eigenvalue weighted by molar-refractivity contribution is 6.30. The molecule has 202 valence electrons. The van der Waals surface area contributed by atoms with E-state index in [1.54, 1.807) is 48.6 Å². The van der Waals surface area contributed by atoms with Gasteiger partial charge < -0.3 is 29.2 Å². The van der Waals surface area contributed by atoms with Gasteiger partial charge in [-0.05, 0) is 30.7 Å². The number of rotatable bonds is 12. The number of likely N-dealkylation sites (N-methyl/N-ethyl adjacent to an activating group) is 1. The third-order valence-corrected chi connectivity index (χ3v) is 6.03. The lowest BCUT2D eigenvalue weighted by Crippen LogP contribution is -2.32. The number of nitrogens with zero attached hydrogens (tertiary/aromatic N) is 4. The molecule has 1 aliphatic heterocycles. The summed E-state index contributed by atoms with van der Waals surface area (Å²) in [5.74, 6) is 1.32. The summed E-state index contributed by atoms with van der Waals surface area (Å²) in [7, 11) is 3.26. The minimum absolute atomic E-state index is 0.0484. The zero-order valence-electron chi connectivity index (χ0n) is 21.2. The Labute approximate surface area is 225 Å². The molecule has 0 aliphatic carbocycles. The third kappa shape index (κ3) is 7.83. The van der Waals surface area contributed by atoms with Crippen LogP contribution in [0.25, 0.3) is 0 Å². The molecular weight excluding hydrogens is 514 g/mol. The van der Waals surface area contributed by atoms with Gasteiger partial charge in [-0.3, -0.25) is 14.3 Å². The van der Waals surface area contributed by atoms with Gasteiger partial charge in [0.2, 0.25) is 11.8 Å². The molecule has 1 saturated heterocycles. The predicted molar refractivity (Wildman–Crippen MR) is 140 cm³/mol. The molecule has 1 N–H and O–H groups in total. The monoisotopic (exact) mass is 543 g/mol. The molecule has 2 aromatic heterocycles. The number of amides is 2. The highest BCUT2D eigenvalue weighted by Crippen LogP contribution is 2.23. The second kappa shape index (κ2) is 13.1. The van der Waals surface area contributed by atoms with Crippen LogP contribution in [0.5, 0.6) is 17.4 Å². The van der Waals surface area contributed by atoms with Crippen LogP contribution in [0.1, 0.15) is 12.8 Å². The molecule has 1 fully saturated rings. The van der Waals surface area contributed by atoms with Crippen LogP contribution < -0.4 is 19.5 Å². The van der Waals surface area contributed by atoms with E-state index in [1.165, 1.54) is 18.0 Å². The lowest BCUT2D eigenvalue weighted by molar-refractivity contribution is -0.130. The molecule has 2 atom stereocenters. The van der Waals surface area contributed by atoms with E-state index in [9.17, 15) is 9.59 Å². The van der Waals surface area contributed by atoms with Gasteiger partial charge in [0.25, 0.3) is 5.91 Å². The van der Waals surface area contributed by atoms with Gasteiger partial charge in [0.15, 0.2) is 0 Å². The van der Waals surface area contributed by atoms with Gasteiger partial charge in [-0.25, -0.2) is 4.98 Å². The molecule has 2 amide bonds. The molecule has 0 saturated carbocycles. The normalized spacial score (nSPS) is 16.6. The number of halogens is 1. The molecule has 4 rings (SSSR count). The van der Waals surface area contributed by atoms with Crippen LogP contribution in [-0.2, 0) is 20.9 Å². The van der Waals surface area contributed by atoms with Gasteiger partial charge in [0.05, 0.1) is 32.2 Å². The first-order valence-corrected chi connectivity index (χ1v) is 12.5. The zero-order chi connectivity index (χ0) is 26.9. The van der Waals surface area contributed by atoms with Gasteiger partial charge in [0, 0.05) is 43.5 Å². The van der Waals surface area contributed by atoms with Crippen molar-refractivity contribution >= 4 is 29.1 Å². The fourth-order valence-electron chi connectivity index (χ4n) is 3.80. The largest absolute Gasteiger partial charge is 0.493 e. The van der Waals surface area contributed by atoms with E-state index < -0.39 is 6.10 Å². The average Bonchev–Trinajstić information content (AvgIpc) is 3.56. The van der Waals surface area contributed by atoms with E-state index >= 15 is 0 Å². The third-order valence-electron chi connectivity index (χ3n) is 5.80. The zero-order valence-corrected chi connectivity index (χ0v) is 22.0. The van der Waals surface area contributed by atoms with Crippen LogP contribution in [-0.4, -0.2) is 77.6 Å². The molecular formula is C26H30ClN5O6. The summed E-state index contributed by atoms with van der Waals surface area (Å²) in [5.41, 5.74) is 0.479. The van der Waals surface area contributed by atoms with Crippen molar-refractivity contribution in [2.24, 2.45) is 0 Å². The number of aromatic nitrogens is 3. The van der Waals surface area contributed by atoms with E-state index in [0.717, 1.165) is 0 Å². The Morgan fingerprint density at radius 2 is 2.13 bits per heavy atom. The Morgan fingerprint density at radius 1 is 1.26 bits per heavy atom. The first-order valence-electron chi connectivity index (χ1n) is 12.1. The highest BCUT2D eigenvalue weighted by Gasteiger charge is 2.32. The summed E-state index contributed by atoms with van der Waals surface area (Å²) in [6.45, 7) is 1.32. The summed E-state index contributed by atoms with van der Waals surface area (Å²) < 4.78 is 23.7.